The van der Waals surface area contributed by atoms with Gasteiger partial charge in [-0.3, -0.25) is 0 Å². The molecule has 0 aromatic rings. The lowest BCUT2D eigenvalue weighted by molar-refractivity contribution is -0.140. The van der Waals surface area contributed by atoms with Gasteiger partial charge in [0.15, 0.2) is 0 Å². The molecule has 0 aromatic carbocycles. The molecule has 0 unspecified atom stereocenters. The van der Waals surface area contributed by atoms with E-state index in [0.29, 0.717) is 6.61 Å². The Balaban J connectivity index is 0. The van der Waals surface area contributed by atoms with Crippen LogP contribution in [-0.4, -0.2) is 25.8 Å². The van der Waals surface area contributed by atoms with Gasteiger partial charge >= 0.3 is 5.97 Å². The van der Waals surface area contributed by atoms with Crippen molar-refractivity contribution in [2.24, 2.45) is 5.41 Å². The van der Waals surface area contributed by atoms with Crippen molar-refractivity contribution in [3.05, 3.63) is 12.7 Å². The van der Waals surface area contributed by atoms with Crippen LogP contribution >= 0.6 is 0 Å². The molecule has 0 bridgehead atoms. The van der Waals surface area contributed by atoms with E-state index in [1.54, 1.807) is 0 Å². The van der Waals surface area contributed by atoms with Gasteiger partial charge in [-0.15, -0.1) is 0 Å². The highest BCUT2D eigenvalue weighted by Crippen LogP contribution is 2.19. The van der Waals surface area contributed by atoms with Gasteiger partial charge in [0.05, 0.1) is 6.61 Å². The second-order valence-electron chi connectivity index (χ2n) is 4.94. The summed E-state index contributed by atoms with van der Waals surface area (Å²) < 4.78 is 10.0. The van der Waals surface area contributed by atoms with Crippen molar-refractivity contribution in [2.45, 2.75) is 53.9 Å². The molecule has 18 heavy (non-hydrogen) atoms. The maximum atomic E-state index is 10.6. The van der Waals surface area contributed by atoms with E-state index in [1.165, 1.54) is 6.08 Å². The molecule has 0 saturated carbocycles. The fraction of sp³-hybridized carbons (Fsp3) is 0.800. The summed E-state index contributed by atoms with van der Waals surface area (Å²) >= 11 is 0. The van der Waals surface area contributed by atoms with E-state index in [1.807, 2.05) is 0 Å². The average Bonchev–Trinajstić information content (AvgIpc) is 2.37. The maximum Gasteiger partial charge on any atom is 0.330 e. The third-order valence-electron chi connectivity index (χ3n) is 2.43. The first-order chi connectivity index (χ1) is 8.43. The van der Waals surface area contributed by atoms with Gasteiger partial charge < -0.3 is 9.47 Å². The van der Waals surface area contributed by atoms with Crippen molar-refractivity contribution in [3.8, 4) is 0 Å². The van der Waals surface area contributed by atoms with Crippen molar-refractivity contribution in [1.29, 1.82) is 0 Å². The molecule has 0 fully saturated rings. The van der Waals surface area contributed by atoms with Crippen molar-refractivity contribution >= 4 is 5.97 Å². The second-order valence-corrected chi connectivity index (χ2v) is 4.94. The number of esters is 1. The van der Waals surface area contributed by atoms with Crippen LogP contribution in [0.3, 0.4) is 0 Å². The Labute approximate surface area is 113 Å². The zero-order valence-electron chi connectivity index (χ0n) is 12.8. The summed E-state index contributed by atoms with van der Waals surface area (Å²) in [7, 11) is 0. The van der Waals surface area contributed by atoms with E-state index >= 15 is 0 Å². The Morgan fingerprint density at radius 3 is 2.00 bits per heavy atom. The summed E-state index contributed by atoms with van der Waals surface area (Å²) in [6, 6.07) is 0. The van der Waals surface area contributed by atoms with Crippen LogP contribution in [-0.2, 0) is 14.3 Å². The molecule has 0 radical (unpaired) electrons. The molecule has 0 N–H and O–H groups in total. The highest BCUT2D eigenvalue weighted by Gasteiger charge is 2.16. The van der Waals surface area contributed by atoms with Gasteiger partial charge in [-0.05, 0) is 24.7 Å². The van der Waals surface area contributed by atoms with Gasteiger partial charge in [0.1, 0.15) is 0 Å². The Morgan fingerprint density at radius 2 is 1.67 bits per heavy atom. The number of carbonyl (C=O) groups is 1. The molecular weight excluding hydrogens is 228 g/mol. The van der Waals surface area contributed by atoms with Crippen molar-refractivity contribution in [3.63, 3.8) is 0 Å². The molecule has 0 aromatic heterocycles. The van der Waals surface area contributed by atoms with Crippen LogP contribution in [0.1, 0.15) is 53.9 Å². The van der Waals surface area contributed by atoms with E-state index < -0.39 is 0 Å². The first-order valence-electron chi connectivity index (χ1n) is 6.80. The summed E-state index contributed by atoms with van der Waals surface area (Å²) in [4.78, 5) is 10.6. The highest BCUT2D eigenvalue weighted by atomic mass is 16.5. The summed E-state index contributed by atoms with van der Waals surface area (Å²) in [6.07, 6.45) is 4.46. The monoisotopic (exact) mass is 258 g/mol. The third-order valence-corrected chi connectivity index (χ3v) is 2.43. The fourth-order valence-electron chi connectivity index (χ4n) is 0.818. The van der Waals surface area contributed by atoms with E-state index in [4.69, 9.17) is 9.47 Å². The minimum Gasteiger partial charge on any atom is -0.462 e. The van der Waals surface area contributed by atoms with Crippen LogP contribution in [0.15, 0.2) is 12.7 Å². The lowest BCUT2D eigenvalue weighted by atomic mass is 9.92. The standard InChI is InChI=1S/C9H16O2.C6H14O/c1-5-8(10)11-7-9(3,4)6-2;1-3-5-7-6-4-2/h5H,1,6-7H2,2-4H3;3-6H2,1-2H3. The van der Waals surface area contributed by atoms with E-state index in [9.17, 15) is 4.79 Å². The number of hydrogen-bond donors (Lipinski definition) is 0. The third kappa shape index (κ3) is 15.2. The molecule has 0 rings (SSSR count). The molecule has 0 aliphatic carbocycles. The number of rotatable bonds is 8. The highest BCUT2D eigenvalue weighted by molar-refractivity contribution is 5.81. The van der Waals surface area contributed by atoms with Gasteiger partial charge in [-0.1, -0.05) is 41.2 Å². The van der Waals surface area contributed by atoms with Crippen molar-refractivity contribution < 1.29 is 14.3 Å². The maximum absolute atomic E-state index is 10.6. The molecule has 0 saturated heterocycles. The van der Waals surface area contributed by atoms with Gasteiger partial charge in [-0.25, -0.2) is 4.79 Å². The van der Waals surface area contributed by atoms with Gasteiger partial charge in [0, 0.05) is 19.3 Å². The fourth-order valence-corrected chi connectivity index (χ4v) is 0.818. The Bertz CT molecular complexity index is 206. The predicted octanol–water partition coefficient (Wildman–Crippen LogP) is 3.97. The molecule has 0 amide bonds. The lowest BCUT2D eigenvalue weighted by Crippen LogP contribution is -2.19. The lowest BCUT2D eigenvalue weighted by Gasteiger charge is -2.21. The molecule has 0 atom stereocenters. The van der Waals surface area contributed by atoms with Gasteiger partial charge in [0.25, 0.3) is 0 Å². The topological polar surface area (TPSA) is 35.5 Å². The first-order valence-corrected chi connectivity index (χ1v) is 6.80. The van der Waals surface area contributed by atoms with Gasteiger partial charge in [-0.2, -0.15) is 0 Å². The minimum atomic E-state index is -0.341. The zero-order valence-corrected chi connectivity index (χ0v) is 12.8. The summed E-state index contributed by atoms with van der Waals surface area (Å²) in [6.45, 7) is 16.1. The SMILES string of the molecule is C=CC(=O)OCC(C)(C)CC.CCCOCCC. The molecule has 0 spiro atoms. The second kappa shape index (κ2) is 12.6. The summed E-state index contributed by atoms with van der Waals surface area (Å²) in [5, 5.41) is 0. The van der Waals surface area contributed by atoms with Gasteiger partial charge in [0.2, 0.25) is 0 Å². The Morgan fingerprint density at radius 1 is 1.17 bits per heavy atom. The van der Waals surface area contributed by atoms with E-state index in [0.717, 1.165) is 32.5 Å². The smallest absolute Gasteiger partial charge is 0.330 e. The summed E-state index contributed by atoms with van der Waals surface area (Å²) in [5.74, 6) is -0.341. The van der Waals surface area contributed by atoms with E-state index in [2.05, 4.69) is 41.2 Å². The first kappa shape index (κ1) is 19.5. The minimum absolute atomic E-state index is 0.0820. The normalized spacial score (nSPS) is 10.3. The molecule has 0 aliphatic heterocycles. The Hall–Kier alpha value is -0.830. The zero-order chi connectivity index (χ0) is 14.4. The van der Waals surface area contributed by atoms with Crippen molar-refractivity contribution in [2.75, 3.05) is 19.8 Å². The molecule has 108 valence electrons. The molecule has 0 aliphatic rings. The number of carbonyl (C=O) groups excluding carboxylic acids is 1. The molecule has 3 nitrogen and oxygen atoms in total. The van der Waals surface area contributed by atoms with E-state index in [-0.39, 0.29) is 11.4 Å². The van der Waals surface area contributed by atoms with Crippen LogP contribution in [0.5, 0.6) is 0 Å². The van der Waals surface area contributed by atoms with Crippen LogP contribution < -0.4 is 0 Å². The number of hydrogen-bond acceptors (Lipinski definition) is 3. The molecular formula is C15H30O3. The number of ether oxygens (including phenoxy) is 2. The Kier molecular flexibility index (Phi) is 13.7. The quantitative estimate of drug-likeness (QED) is 0.375. The molecule has 0 heterocycles. The predicted molar refractivity (Wildman–Crippen MR) is 76.6 cm³/mol. The molecule has 3 heteroatoms. The van der Waals surface area contributed by atoms with Crippen LogP contribution in [0.4, 0.5) is 0 Å². The van der Waals surface area contributed by atoms with Crippen molar-refractivity contribution in [1.82, 2.24) is 0 Å². The van der Waals surface area contributed by atoms with Crippen LogP contribution in [0.2, 0.25) is 0 Å². The average molecular weight is 258 g/mol. The van der Waals surface area contributed by atoms with Crippen LogP contribution in [0, 0.1) is 5.41 Å². The van der Waals surface area contributed by atoms with Crippen LogP contribution in [0.25, 0.3) is 0 Å². The largest absolute Gasteiger partial charge is 0.462 e. The summed E-state index contributed by atoms with van der Waals surface area (Å²) in [5.41, 5.74) is 0.0820.